The van der Waals surface area contributed by atoms with Gasteiger partial charge in [0.15, 0.2) is 5.60 Å². The summed E-state index contributed by atoms with van der Waals surface area (Å²) in [5.74, 6) is -1.17. The van der Waals surface area contributed by atoms with Gasteiger partial charge in [0.25, 0.3) is 5.56 Å². The van der Waals surface area contributed by atoms with Gasteiger partial charge < -0.3 is 24.5 Å². The number of aryl methyl sites for hydroxylation is 1. The first-order valence-electron chi connectivity index (χ1n) is 13.5. The Morgan fingerprint density at radius 3 is 2.85 bits per heavy atom. The molecule has 3 aromatic rings. The summed E-state index contributed by atoms with van der Waals surface area (Å²) < 4.78 is 27.3. The second-order valence-electron chi connectivity index (χ2n) is 10.7. The molecule has 1 aromatic carbocycles. The van der Waals surface area contributed by atoms with Crippen molar-refractivity contribution >= 4 is 44.6 Å². The van der Waals surface area contributed by atoms with E-state index in [1.807, 2.05) is 13.2 Å². The van der Waals surface area contributed by atoms with Crippen molar-refractivity contribution in [1.82, 2.24) is 14.9 Å². The number of carbonyl (C=O) groups is 2. The van der Waals surface area contributed by atoms with Crippen LogP contribution >= 0.6 is 21.6 Å². The van der Waals surface area contributed by atoms with Crippen molar-refractivity contribution in [3.8, 4) is 11.4 Å². The van der Waals surface area contributed by atoms with E-state index in [2.05, 4.69) is 5.32 Å². The Morgan fingerprint density at radius 1 is 1.34 bits per heavy atom. The molecule has 41 heavy (non-hydrogen) atoms. The molecule has 6 rings (SSSR count). The molecule has 0 unspecified atom stereocenters. The predicted octanol–water partition coefficient (Wildman–Crippen LogP) is 4.64. The molecular weight excluding hydrogens is 569 g/mol. The molecule has 3 aliphatic rings. The first-order valence-corrected chi connectivity index (χ1v) is 16.2. The monoisotopic (exact) mass is 599 g/mol. The lowest BCUT2D eigenvalue weighted by Gasteiger charge is -2.31. The third kappa shape index (κ3) is 4.33. The molecular formula is C29H30FN3O6S2. The van der Waals surface area contributed by atoms with Gasteiger partial charge in [-0.3, -0.25) is 4.79 Å². The molecule has 9 nitrogen and oxygen atoms in total. The predicted molar refractivity (Wildman–Crippen MR) is 155 cm³/mol. The van der Waals surface area contributed by atoms with Crippen molar-refractivity contribution < 1.29 is 28.6 Å². The van der Waals surface area contributed by atoms with E-state index in [9.17, 15) is 19.5 Å². The number of amides is 1. The van der Waals surface area contributed by atoms with E-state index in [4.69, 9.17) is 14.5 Å². The van der Waals surface area contributed by atoms with E-state index >= 15 is 4.39 Å². The quantitative estimate of drug-likeness (QED) is 0.241. The lowest BCUT2D eigenvalue weighted by atomic mass is 9.81. The number of alkyl carbamates (subject to hydrolysis) is 1. The maximum absolute atomic E-state index is 15.1. The van der Waals surface area contributed by atoms with Gasteiger partial charge >= 0.3 is 12.1 Å². The molecule has 2 aromatic heterocycles. The van der Waals surface area contributed by atoms with Gasteiger partial charge in [-0.1, -0.05) is 28.5 Å². The van der Waals surface area contributed by atoms with E-state index in [0.717, 1.165) is 22.1 Å². The fourth-order valence-corrected chi connectivity index (χ4v) is 7.87. The molecule has 1 amide bonds. The van der Waals surface area contributed by atoms with E-state index in [0.29, 0.717) is 35.3 Å². The number of rotatable bonds is 6. The van der Waals surface area contributed by atoms with Gasteiger partial charge in [-0.25, -0.2) is 19.0 Å². The minimum absolute atomic E-state index is 0.0288. The first-order chi connectivity index (χ1) is 19.6. The fourth-order valence-electron chi connectivity index (χ4n) is 6.27. The average Bonchev–Trinajstić information content (AvgIpc) is 3.32. The zero-order valence-corrected chi connectivity index (χ0v) is 24.8. The summed E-state index contributed by atoms with van der Waals surface area (Å²) in [4.78, 5) is 44.0. The van der Waals surface area contributed by atoms with Crippen LogP contribution < -0.4 is 10.9 Å². The molecule has 0 saturated heterocycles. The lowest BCUT2D eigenvalue weighted by molar-refractivity contribution is -0.172. The lowest BCUT2D eigenvalue weighted by Crippen LogP contribution is -2.44. The Hall–Kier alpha value is -3.09. The van der Waals surface area contributed by atoms with Gasteiger partial charge in [-0.05, 0) is 62.1 Å². The molecule has 3 atom stereocenters. The summed E-state index contributed by atoms with van der Waals surface area (Å²) >= 11 is 0. The number of hydrogen-bond acceptors (Lipinski definition) is 9. The smallest absolute Gasteiger partial charge is 0.407 e. The summed E-state index contributed by atoms with van der Waals surface area (Å²) in [6, 6.07) is 2.58. The Bertz CT molecular complexity index is 1690. The molecule has 0 fully saturated rings. The largest absolute Gasteiger partial charge is 0.458 e. The normalized spacial score (nSPS) is 21.1. The van der Waals surface area contributed by atoms with Crippen LogP contribution in [0.2, 0.25) is 0 Å². The number of halogens is 1. The standard InChI is InChI=1S/C29H30FN3O6S2/c1-5-29(37)18-8-22-25-16(10-33(22)26(34)17(18)12-38-27(29)35)24-20(32-28(36)39-11-13(2)41-40-4)7-6-15-14(3)19(30)9-21(31-25)23(15)24/h8-9,13,20,37H,5-7,10-12H2,1-4H3,(H,32,36)/t13-,20+,29+/m1/s1. The minimum atomic E-state index is -1.95. The first kappa shape index (κ1) is 28.0. The van der Waals surface area contributed by atoms with Gasteiger partial charge in [0.1, 0.15) is 19.0 Å². The molecule has 2 aliphatic heterocycles. The number of pyridine rings is 2. The van der Waals surface area contributed by atoms with Crippen molar-refractivity contribution in [2.75, 3.05) is 12.9 Å². The summed E-state index contributed by atoms with van der Waals surface area (Å²) in [5.41, 5.74) is 2.33. The molecule has 1 aliphatic carbocycles. The van der Waals surface area contributed by atoms with Crippen LogP contribution in [0.4, 0.5) is 9.18 Å². The van der Waals surface area contributed by atoms with Crippen LogP contribution in [0.5, 0.6) is 0 Å². The zero-order chi connectivity index (χ0) is 29.2. The summed E-state index contributed by atoms with van der Waals surface area (Å²) in [5, 5.41) is 15.1. The fraction of sp³-hybridized carbons (Fsp3) is 0.448. The number of ether oxygens (including phenoxy) is 2. The number of aromatic nitrogens is 2. The van der Waals surface area contributed by atoms with Gasteiger partial charge in [0, 0.05) is 27.8 Å². The number of fused-ring (bicyclic) bond motifs is 5. The van der Waals surface area contributed by atoms with Crippen molar-refractivity contribution in [3.05, 3.63) is 61.7 Å². The Labute approximate surface area is 243 Å². The Morgan fingerprint density at radius 2 is 2.12 bits per heavy atom. The van der Waals surface area contributed by atoms with Crippen LogP contribution in [0, 0.1) is 12.7 Å². The molecule has 4 heterocycles. The number of benzene rings is 1. The van der Waals surface area contributed by atoms with E-state index in [-0.39, 0.29) is 53.9 Å². The van der Waals surface area contributed by atoms with E-state index in [1.54, 1.807) is 46.1 Å². The highest BCUT2D eigenvalue weighted by atomic mass is 33.1. The number of nitrogens with one attached hydrogen (secondary N) is 1. The molecule has 2 N–H and O–H groups in total. The third-order valence-corrected chi connectivity index (χ3v) is 10.6. The number of nitrogens with zero attached hydrogens (tertiary/aromatic N) is 2. The van der Waals surface area contributed by atoms with Crippen molar-refractivity contribution in [2.45, 2.75) is 70.1 Å². The maximum Gasteiger partial charge on any atom is 0.407 e. The number of hydrogen-bond donors (Lipinski definition) is 2. The van der Waals surface area contributed by atoms with Gasteiger partial charge in [-0.15, -0.1) is 0 Å². The summed E-state index contributed by atoms with van der Waals surface area (Å²) in [6.07, 6.45) is 2.51. The van der Waals surface area contributed by atoms with Crippen LogP contribution in [0.15, 0.2) is 16.9 Å². The minimum Gasteiger partial charge on any atom is -0.458 e. The second-order valence-corrected chi connectivity index (χ2v) is 13.6. The average molecular weight is 600 g/mol. The van der Waals surface area contributed by atoms with E-state index < -0.39 is 23.7 Å². The molecule has 0 bridgehead atoms. The number of aliphatic hydroxyl groups is 1. The maximum atomic E-state index is 15.1. The van der Waals surface area contributed by atoms with Gasteiger partial charge in [-0.2, -0.15) is 0 Å². The molecule has 0 radical (unpaired) electrons. The zero-order valence-electron chi connectivity index (χ0n) is 23.1. The van der Waals surface area contributed by atoms with Crippen LogP contribution in [0.3, 0.4) is 0 Å². The topological polar surface area (TPSA) is 120 Å². The number of carbonyl (C=O) groups excluding carboxylic acids is 2. The highest BCUT2D eigenvalue weighted by Crippen LogP contribution is 2.46. The van der Waals surface area contributed by atoms with Gasteiger partial charge in [0.05, 0.1) is 35.1 Å². The van der Waals surface area contributed by atoms with Crippen molar-refractivity contribution in [1.29, 1.82) is 0 Å². The van der Waals surface area contributed by atoms with Crippen LogP contribution in [0.1, 0.15) is 66.1 Å². The molecule has 216 valence electrons. The van der Waals surface area contributed by atoms with Crippen molar-refractivity contribution in [2.24, 2.45) is 0 Å². The summed E-state index contributed by atoms with van der Waals surface area (Å²) in [6.45, 7) is 5.57. The highest BCUT2D eigenvalue weighted by molar-refractivity contribution is 8.76. The third-order valence-electron chi connectivity index (χ3n) is 8.38. The molecule has 0 spiro atoms. The number of esters is 1. The summed E-state index contributed by atoms with van der Waals surface area (Å²) in [7, 11) is 3.22. The van der Waals surface area contributed by atoms with E-state index in [1.165, 1.54) is 6.07 Å². The Balaban J connectivity index is 1.51. The van der Waals surface area contributed by atoms with Crippen LogP contribution in [-0.2, 0) is 39.4 Å². The Kier molecular flexibility index (Phi) is 7.06. The second kappa shape index (κ2) is 10.3. The van der Waals surface area contributed by atoms with Gasteiger partial charge in [0.2, 0.25) is 0 Å². The van der Waals surface area contributed by atoms with Crippen molar-refractivity contribution in [3.63, 3.8) is 0 Å². The molecule has 12 heteroatoms. The highest BCUT2D eigenvalue weighted by Gasteiger charge is 2.46. The van der Waals surface area contributed by atoms with Crippen LogP contribution in [0.25, 0.3) is 22.3 Å². The van der Waals surface area contributed by atoms with Crippen LogP contribution in [-0.4, -0.2) is 44.8 Å². The number of cyclic esters (lactones) is 1. The SMILES string of the molecule is CC[C@@]1(O)C(=O)OCc2c1cc1n(c2=O)Cc2c-1nc1cc(F)c(C)c3c1c2[C@@H](NC(=O)OC[C@@H](C)SSC)CC3. The molecule has 0 saturated carbocycles.